The van der Waals surface area contributed by atoms with Crippen LogP contribution in [-0.4, -0.2) is 55.1 Å². The van der Waals surface area contributed by atoms with E-state index in [1.807, 2.05) is 19.9 Å². The molecule has 0 radical (unpaired) electrons. The molecule has 3 heterocycles. The third-order valence-electron chi connectivity index (χ3n) is 4.77. The zero-order valence-electron chi connectivity index (χ0n) is 14.9. The summed E-state index contributed by atoms with van der Waals surface area (Å²) >= 11 is 0. The second-order valence-corrected chi connectivity index (χ2v) is 6.26. The quantitative estimate of drug-likeness (QED) is 0.930. The van der Waals surface area contributed by atoms with E-state index in [9.17, 15) is 4.79 Å². The van der Waals surface area contributed by atoms with Crippen molar-refractivity contribution < 1.29 is 6.22 Å². The molecule has 5 nitrogen and oxygen atoms in total. The highest BCUT2D eigenvalue weighted by molar-refractivity contribution is 5.92. The van der Waals surface area contributed by atoms with Crippen LogP contribution >= 0.6 is 0 Å². The summed E-state index contributed by atoms with van der Waals surface area (Å²) in [4.78, 5) is 20.7. The maximum Gasteiger partial charge on any atom is 0.269 e. The van der Waals surface area contributed by atoms with Crippen molar-refractivity contribution in [2.24, 2.45) is 5.92 Å². The number of nitrogens with one attached hydrogen (secondary N) is 1. The number of carbonyl (C=O) groups excluding carboxylic acids is 1. The van der Waals surface area contributed by atoms with Gasteiger partial charge in [-0.05, 0) is 44.0 Å². The molecule has 2 fully saturated rings. The van der Waals surface area contributed by atoms with Gasteiger partial charge in [-0.3, -0.25) is 9.69 Å². The van der Waals surface area contributed by atoms with E-state index in [4.69, 9.17) is 0 Å². The molecule has 1 aromatic rings. The lowest BCUT2D eigenvalue weighted by Crippen LogP contribution is -2.60. The van der Waals surface area contributed by atoms with Crippen LogP contribution in [0.15, 0.2) is 18.3 Å². The summed E-state index contributed by atoms with van der Waals surface area (Å²) in [6, 6.07) is 4.48. The summed E-state index contributed by atoms with van der Waals surface area (Å²) in [6.07, 6.45) is 4.47. The van der Waals surface area contributed by atoms with Gasteiger partial charge in [-0.2, -0.15) is 0 Å². The molecule has 0 atom stereocenters. The number of anilines is 1. The van der Waals surface area contributed by atoms with Gasteiger partial charge in [-0.15, -0.1) is 0 Å². The van der Waals surface area contributed by atoms with Gasteiger partial charge in [0, 0.05) is 27.6 Å². The normalized spacial score (nSPS) is 19.6. The summed E-state index contributed by atoms with van der Waals surface area (Å²) in [5.41, 5.74) is 1.59. The number of hydrogen-bond acceptors (Lipinski definition) is 4. The summed E-state index contributed by atoms with van der Waals surface area (Å²) < 4.78 is 0. The number of hydrogen-bond donors (Lipinski definition) is 1. The van der Waals surface area contributed by atoms with E-state index in [2.05, 4.69) is 27.0 Å². The second-order valence-electron chi connectivity index (χ2n) is 6.26. The van der Waals surface area contributed by atoms with E-state index in [0.29, 0.717) is 11.7 Å². The minimum atomic E-state index is -0.134. The van der Waals surface area contributed by atoms with Crippen molar-refractivity contribution >= 4 is 11.6 Å². The highest BCUT2D eigenvalue weighted by Gasteiger charge is 2.33. The van der Waals surface area contributed by atoms with Crippen molar-refractivity contribution in [3.8, 4) is 0 Å². The average Bonchev–Trinajstić information content (AvgIpc) is 2.57. The lowest BCUT2D eigenvalue weighted by molar-refractivity contribution is 0.0958. The standard InChI is InChI=1S/C16H24N4O.C2H6.H2/c1-12-5-7-19(8-6-12)14-10-20(11-14)13-3-4-15(18-9-13)16(21)17-2;1-2;/h3-4,9,12,14H,5-8,10-11H2,1-2H3,(H,17,21);1-2H3;1H. The first-order valence-electron chi connectivity index (χ1n) is 8.84. The van der Waals surface area contributed by atoms with Gasteiger partial charge in [0.25, 0.3) is 5.91 Å². The fourth-order valence-electron chi connectivity index (χ4n) is 3.13. The first-order valence-corrected chi connectivity index (χ1v) is 8.84. The Morgan fingerprint density at radius 1 is 1.26 bits per heavy atom. The molecule has 130 valence electrons. The molecule has 23 heavy (non-hydrogen) atoms. The SMILES string of the molecule is CC.CNC(=O)c1ccc(N2CC(N3CCC(C)CC3)C2)cn1.[HH]. The zero-order chi connectivity index (χ0) is 16.8. The summed E-state index contributed by atoms with van der Waals surface area (Å²) in [6.45, 7) is 11.0. The molecule has 0 bridgehead atoms. The predicted octanol–water partition coefficient (Wildman–Crippen LogP) is 2.63. The Labute approximate surface area is 141 Å². The predicted molar refractivity (Wildman–Crippen MR) is 97.1 cm³/mol. The highest BCUT2D eigenvalue weighted by Crippen LogP contribution is 2.26. The van der Waals surface area contributed by atoms with Crippen LogP contribution in [0.25, 0.3) is 0 Å². The van der Waals surface area contributed by atoms with Crippen molar-refractivity contribution in [2.75, 3.05) is 38.1 Å². The molecule has 0 spiro atoms. The first-order chi connectivity index (χ1) is 11.2. The van der Waals surface area contributed by atoms with Gasteiger partial charge in [-0.1, -0.05) is 20.8 Å². The molecule has 1 amide bonds. The molecule has 0 unspecified atom stereocenters. The molecule has 1 N–H and O–H groups in total. The molecule has 2 aliphatic rings. The second kappa shape index (κ2) is 8.29. The topological polar surface area (TPSA) is 48.5 Å². The van der Waals surface area contributed by atoms with E-state index in [0.717, 1.165) is 24.7 Å². The summed E-state index contributed by atoms with van der Waals surface area (Å²) in [5.74, 6) is 0.754. The van der Waals surface area contributed by atoms with Crippen LogP contribution in [0.3, 0.4) is 0 Å². The lowest BCUT2D eigenvalue weighted by atomic mass is 9.96. The van der Waals surface area contributed by atoms with Crippen LogP contribution in [0.1, 0.15) is 45.5 Å². The molecule has 2 saturated heterocycles. The van der Waals surface area contributed by atoms with Crippen molar-refractivity contribution in [3.63, 3.8) is 0 Å². The van der Waals surface area contributed by atoms with E-state index in [-0.39, 0.29) is 7.33 Å². The fraction of sp³-hybridized carbons (Fsp3) is 0.667. The maximum absolute atomic E-state index is 11.5. The number of amides is 1. The van der Waals surface area contributed by atoms with Gasteiger partial charge < -0.3 is 10.2 Å². The van der Waals surface area contributed by atoms with Gasteiger partial charge in [0.1, 0.15) is 5.69 Å². The molecule has 2 aliphatic heterocycles. The van der Waals surface area contributed by atoms with Crippen molar-refractivity contribution in [2.45, 2.75) is 39.7 Å². The van der Waals surface area contributed by atoms with Gasteiger partial charge in [-0.25, -0.2) is 4.98 Å². The Bertz CT molecular complexity index is 494. The smallest absolute Gasteiger partial charge is 0.269 e. The molecule has 0 aromatic carbocycles. The number of aromatic nitrogens is 1. The van der Waals surface area contributed by atoms with Crippen LogP contribution in [-0.2, 0) is 0 Å². The number of rotatable bonds is 3. The van der Waals surface area contributed by atoms with Gasteiger partial charge >= 0.3 is 0 Å². The Morgan fingerprint density at radius 2 is 1.91 bits per heavy atom. The van der Waals surface area contributed by atoms with Crippen molar-refractivity contribution in [3.05, 3.63) is 24.0 Å². The molecule has 0 saturated carbocycles. The molecule has 0 aliphatic carbocycles. The van der Waals surface area contributed by atoms with Crippen LogP contribution in [0.5, 0.6) is 0 Å². The number of pyridine rings is 1. The summed E-state index contributed by atoms with van der Waals surface area (Å²) in [7, 11) is 1.62. The Hall–Kier alpha value is -1.62. The Balaban J connectivity index is 0.000000925. The van der Waals surface area contributed by atoms with E-state index in [1.54, 1.807) is 19.3 Å². The van der Waals surface area contributed by atoms with Crippen LogP contribution in [0, 0.1) is 5.92 Å². The van der Waals surface area contributed by atoms with Gasteiger partial charge in [0.05, 0.1) is 11.9 Å². The molecule has 3 rings (SSSR count). The molecular formula is C18H32N4O. The van der Waals surface area contributed by atoms with Crippen LogP contribution in [0.4, 0.5) is 5.69 Å². The lowest BCUT2D eigenvalue weighted by Gasteiger charge is -2.48. The Kier molecular flexibility index (Phi) is 6.39. The first kappa shape index (κ1) is 17.7. The maximum atomic E-state index is 11.5. The number of likely N-dealkylation sites (tertiary alicyclic amines) is 1. The van der Waals surface area contributed by atoms with Gasteiger partial charge in [0.15, 0.2) is 0 Å². The molecule has 5 heteroatoms. The minimum Gasteiger partial charge on any atom is -0.367 e. The number of carbonyl (C=O) groups is 1. The fourth-order valence-corrected chi connectivity index (χ4v) is 3.13. The van der Waals surface area contributed by atoms with E-state index in [1.165, 1.54) is 25.9 Å². The van der Waals surface area contributed by atoms with E-state index >= 15 is 0 Å². The molecular weight excluding hydrogens is 288 g/mol. The monoisotopic (exact) mass is 320 g/mol. The zero-order valence-corrected chi connectivity index (χ0v) is 14.9. The Morgan fingerprint density at radius 3 is 2.43 bits per heavy atom. The number of nitrogens with zero attached hydrogens (tertiary/aromatic N) is 3. The number of piperidine rings is 1. The largest absolute Gasteiger partial charge is 0.367 e. The molecule has 1 aromatic heterocycles. The van der Waals surface area contributed by atoms with E-state index < -0.39 is 0 Å². The third kappa shape index (κ3) is 4.22. The van der Waals surface area contributed by atoms with Crippen LogP contribution in [0.2, 0.25) is 0 Å². The van der Waals surface area contributed by atoms with Crippen molar-refractivity contribution in [1.82, 2.24) is 15.2 Å². The van der Waals surface area contributed by atoms with Crippen LogP contribution < -0.4 is 10.2 Å². The average molecular weight is 320 g/mol. The van der Waals surface area contributed by atoms with Crippen molar-refractivity contribution in [1.29, 1.82) is 0 Å². The minimum absolute atomic E-state index is 0. The van der Waals surface area contributed by atoms with Gasteiger partial charge in [0.2, 0.25) is 0 Å². The third-order valence-corrected chi connectivity index (χ3v) is 4.77. The highest BCUT2D eigenvalue weighted by atomic mass is 16.1. The summed E-state index contributed by atoms with van der Waals surface area (Å²) in [5, 5.41) is 2.59.